The SMILES string of the molecule is CN=C(NCC1(O)CCCCC1)NC1CCN(C2CC2)C1.I. The van der Waals surface area contributed by atoms with E-state index in [1.54, 1.807) is 0 Å². The van der Waals surface area contributed by atoms with E-state index in [0.717, 1.165) is 44.2 Å². The molecule has 2 aliphatic carbocycles. The molecule has 0 bridgehead atoms. The summed E-state index contributed by atoms with van der Waals surface area (Å²) in [6.07, 6.45) is 9.33. The Hall–Kier alpha value is -0.0800. The van der Waals surface area contributed by atoms with Gasteiger partial charge in [0.05, 0.1) is 5.60 Å². The number of aliphatic hydroxyl groups is 1. The third kappa shape index (κ3) is 4.96. The molecule has 0 aromatic rings. The Morgan fingerprint density at radius 3 is 2.59 bits per heavy atom. The van der Waals surface area contributed by atoms with Gasteiger partial charge in [-0.05, 0) is 32.1 Å². The molecule has 1 atom stereocenters. The lowest BCUT2D eigenvalue weighted by Crippen LogP contribution is -2.50. The van der Waals surface area contributed by atoms with Crippen LogP contribution in [0.15, 0.2) is 4.99 Å². The van der Waals surface area contributed by atoms with Crippen LogP contribution in [0.2, 0.25) is 0 Å². The molecule has 1 heterocycles. The van der Waals surface area contributed by atoms with E-state index in [1.165, 1.54) is 32.2 Å². The summed E-state index contributed by atoms with van der Waals surface area (Å²) in [5.74, 6) is 0.844. The number of likely N-dealkylation sites (tertiary alicyclic amines) is 1. The first-order valence-electron chi connectivity index (χ1n) is 8.62. The standard InChI is InChI=1S/C16H30N4O.HI/c1-17-15(18-12-16(21)8-3-2-4-9-16)19-13-7-10-20(11-13)14-5-6-14;/h13-14,21H,2-12H2,1H3,(H2,17,18,19);1H. The summed E-state index contributed by atoms with van der Waals surface area (Å²) < 4.78 is 0. The molecule has 3 rings (SSSR count). The molecule has 22 heavy (non-hydrogen) atoms. The Balaban J connectivity index is 0.00000176. The maximum Gasteiger partial charge on any atom is 0.191 e. The first-order valence-corrected chi connectivity index (χ1v) is 8.62. The van der Waals surface area contributed by atoms with Crippen molar-refractivity contribution in [3.05, 3.63) is 0 Å². The van der Waals surface area contributed by atoms with Crippen molar-refractivity contribution in [2.45, 2.75) is 69.1 Å². The van der Waals surface area contributed by atoms with E-state index in [-0.39, 0.29) is 24.0 Å². The summed E-state index contributed by atoms with van der Waals surface area (Å²) in [7, 11) is 1.81. The Morgan fingerprint density at radius 2 is 1.95 bits per heavy atom. The number of aliphatic imine (C=N–C) groups is 1. The van der Waals surface area contributed by atoms with E-state index < -0.39 is 5.60 Å². The van der Waals surface area contributed by atoms with Gasteiger partial charge in [-0.3, -0.25) is 9.89 Å². The van der Waals surface area contributed by atoms with Crippen molar-refractivity contribution in [3.63, 3.8) is 0 Å². The maximum absolute atomic E-state index is 10.5. The topological polar surface area (TPSA) is 59.9 Å². The fourth-order valence-corrected chi connectivity index (χ4v) is 3.70. The first kappa shape index (κ1) is 18.3. The van der Waals surface area contributed by atoms with E-state index >= 15 is 0 Å². The largest absolute Gasteiger partial charge is 0.388 e. The highest BCUT2D eigenvalue weighted by molar-refractivity contribution is 14.0. The molecular formula is C16H31IN4O. The molecule has 0 aromatic heterocycles. The average molecular weight is 422 g/mol. The molecule has 3 fully saturated rings. The zero-order valence-electron chi connectivity index (χ0n) is 13.7. The maximum atomic E-state index is 10.5. The average Bonchev–Trinajstić information content (AvgIpc) is 3.24. The molecule has 128 valence electrons. The van der Waals surface area contributed by atoms with Crippen LogP contribution in [0.1, 0.15) is 51.4 Å². The first-order chi connectivity index (χ1) is 10.2. The van der Waals surface area contributed by atoms with Crippen LogP contribution in [-0.2, 0) is 0 Å². The lowest BCUT2D eigenvalue weighted by molar-refractivity contribution is 0.00856. The normalized spacial score (nSPS) is 29.0. The molecule has 6 heteroatoms. The van der Waals surface area contributed by atoms with Gasteiger partial charge in [-0.15, -0.1) is 24.0 Å². The lowest BCUT2D eigenvalue weighted by atomic mass is 9.85. The molecule has 1 unspecified atom stereocenters. The van der Waals surface area contributed by atoms with E-state index in [9.17, 15) is 5.11 Å². The van der Waals surface area contributed by atoms with Crippen molar-refractivity contribution in [1.82, 2.24) is 15.5 Å². The summed E-state index contributed by atoms with van der Waals surface area (Å²) in [5, 5.41) is 17.4. The lowest BCUT2D eigenvalue weighted by Gasteiger charge is -2.33. The van der Waals surface area contributed by atoms with Gasteiger partial charge in [-0.1, -0.05) is 19.3 Å². The van der Waals surface area contributed by atoms with Crippen LogP contribution in [0.25, 0.3) is 0 Å². The number of hydrogen-bond donors (Lipinski definition) is 3. The van der Waals surface area contributed by atoms with Gasteiger partial charge in [-0.2, -0.15) is 0 Å². The van der Waals surface area contributed by atoms with Crippen molar-refractivity contribution in [3.8, 4) is 0 Å². The molecule has 5 nitrogen and oxygen atoms in total. The molecular weight excluding hydrogens is 391 g/mol. The molecule has 3 N–H and O–H groups in total. The van der Waals surface area contributed by atoms with Crippen molar-refractivity contribution in [2.24, 2.45) is 4.99 Å². The second kappa shape index (κ2) is 8.15. The van der Waals surface area contributed by atoms with Crippen LogP contribution in [0.3, 0.4) is 0 Å². The fourth-order valence-electron chi connectivity index (χ4n) is 3.70. The number of nitrogens with zero attached hydrogens (tertiary/aromatic N) is 2. The van der Waals surface area contributed by atoms with Gasteiger partial charge >= 0.3 is 0 Å². The molecule has 0 radical (unpaired) electrons. The third-order valence-electron chi connectivity index (χ3n) is 5.22. The van der Waals surface area contributed by atoms with Gasteiger partial charge in [0.25, 0.3) is 0 Å². The second-order valence-electron chi connectivity index (χ2n) is 7.07. The molecule has 1 aliphatic heterocycles. The summed E-state index contributed by atoms with van der Waals surface area (Å²) in [6, 6.07) is 1.35. The molecule has 2 saturated carbocycles. The smallest absolute Gasteiger partial charge is 0.191 e. The molecule has 1 saturated heterocycles. The fraction of sp³-hybridized carbons (Fsp3) is 0.938. The summed E-state index contributed by atoms with van der Waals surface area (Å²) in [6.45, 7) is 2.96. The van der Waals surface area contributed by atoms with Crippen LogP contribution in [0.4, 0.5) is 0 Å². The van der Waals surface area contributed by atoms with E-state index in [4.69, 9.17) is 0 Å². The summed E-state index contributed by atoms with van der Waals surface area (Å²) >= 11 is 0. The Labute approximate surface area is 151 Å². The number of nitrogens with one attached hydrogen (secondary N) is 2. The highest BCUT2D eigenvalue weighted by atomic mass is 127. The van der Waals surface area contributed by atoms with Crippen LogP contribution >= 0.6 is 24.0 Å². The minimum absolute atomic E-state index is 0. The minimum Gasteiger partial charge on any atom is -0.388 e. The van der Waals surface area contributed by atoms with E-state index in [0.29, 0.717) is 12.6 Å². The highest BCUT2D eigenvalue weighted by Gasteiger charge is 2.35. The third-order valence-corrected chi connectivity index (χ3v) is 5.22. The number of rotatable bonds is 4. The van der Waals surface area contributed by atoms with Crippen molar-refractivity contribution in [1.29, 1.82) is 0 Å². The van der Waals surface area contributed by atoms with E-state index in [2.05, 4.69) is 20.5 Å². The zero-order chi connectivity index (χ0) is 14.7. The molecule has 0 spiro atoms. The van der Waals surface area contributed by atoms with Crippen molar-refractivity contribution >= 4 is 29.9 Å². The minimum atomic E-state index is -0.536. The van der Waals surface area contributed by atoms with Gasteiger partial charge in [0, 0.05) is 38.8 Å². The van der Waals surface area contributed by atoms with Crippen LogP contribution in [0.5, 0.6) is 0 Å². The predicted octanol–water partition coefficient (Wildman–Crippen LogP) is 1.70. The highest BCUT2D eigenvalue weighted by Crippen LogP contribution is 2.30. The van der Waals surface area contributed by atoms with Crippen LogP contribution in [0, 0.1) is 0 Å². The summed E-state index contributed by atoms with van der Waals surface area (Å²) in [5.41, 5.74) is -0.536. The Morgan fingerprint density at radius 1 is 1.23 bits per heavy atom. The Bertz CT molecular complexity index is 380. The second-order valence-corrected chi connectivity index (χ2v) is 7.07. The van der Waals surface area contributed by atoms with Gasteiger partial charge in [0.15, 0.2) is 5.96 Å². The van der Waals surface area contributed by atoms with Crippen LogP contribution < -0.4 is 10.6 Å². The van der Waals surface area contributed by atoms with Crippen molar-refractivity contribution < 1.29 is 5.11 Å². The number of guanidine groups is 1. The summed E-state index contributed by atoms with van der Waals surface area (Å²) in [4.78, 5) is 6.91. The quantitative estimate of drug-likeness (QED) is 0.367. The molecule has 3 aliphatic rings. The number of halogens is 1. The van der Waals surface area contributed by atoms with Crippen molar-refractivity contribution in [2.75, 3.05) is 26.7 Å². The Kier molecular flexibility index (Phi) is 6.76. The van der Waals surface area contributed by atoms with Gasteiger partial charge in [0.1, 0.15) is 0 Å². The predicted molar refractivity (Wildman–Crippen MR) is 101 cm³/mol. The monoisotopic (exact) mass is 422 g/mol. The molecule has 0 amide bonds. The zero-order valence-corrected chi connectivity index (χ0v) is 16.0. The van der Waals surface area contributed by atoms with E-state index in [1.807, 2.05) is 7.05 Å². The van der Waals surface area contributed by atoms with Gasteiger partial charge in [-0.25, -0.2) is 0 Å². The van der Waals surface area contributed by atoms with Gasteiger partial charge < -0.3 is 15.7 Å². The number of hydrogen-bond acceptors (Lipinski definition) is 3. The van der Waals surface area contributed by atoms with Gasteiger partial charge in [0.2, 0.25) is 0 Å². The van der Waals surface area contributed by atoms with Crippen LogP contribution in [-0.4, -0.2) is 60.3 Å². The molecule has 0 aromatic carbocycles.